The second-order valence-corrected chi connectivity index (χ2v) is 19.9. The molecule has 0 amide bonds. The summed E-state index contributed by atoms with van der Waals surface area (Å²) in [4.78, 5) is 2.44. The summed E-state index contributed by atoms with van der Waals surface area (Å²) in [6.07, 6.45) is 11.0. The van der Waals surface area contributed by atoms with Crippen LogP contribution in [0.25, 0.3) is 25.7 Å². The molecule has 338 valence electrons. The molecule has 63 heavy (non-hydrogen) atoms. The van der Waals surface area contributed by atoms with E-state index < -0.39 is 31.1 Å². The zero-order valence-corrected chi connectivity index (χ0v) is 37.6. The van der Waals surface area contributed by atoms with E-state index in [0.717, 1.165) is 35.1 Å². The van der Waals surface area contributed by atoms with Gasteiger partial charge < -0.3 is 18.5 Å². The number of ether oxygens (including phenoxy) is 2. The van der Waals surface area contributed by atoms with E-state index in [1.807, 2.05) is 0 Å². The van der Waals surface area contributed by atoms with Crippen molar-refractivity contribution in [3.05, 3.63) is 134 Å². The summed E-state index contributed by atoms with van der Waals surface area (Å²) in [6.45, 7) is 12.3. The zero-order chi connectivity index (χ0) is 46.3. The SMILES string of the molecule is COCCN1/C(=C/C=C2\CCC(/C=C/C3=[N+](CCOC)c4ccc5ccccc5c4C3(C)C)=C2Cl)C(C)(C)c2c1ccc1ccccc21.O=S(=O)([N-]S(=O)(=O)C(F)(F)F)C(F)(F)F. The van der Waals surface area contributed by atoms with Crippen LogP contribution in [0.4, 0.5) is 37.7 Å². The second-order valence-electron chi connectivity index (χ2n) is 16.1. The summed E-state index contributed by atoms with van der Waals surface area (Å²) in [5.74, 6) is 0. The second kappa shape index (κ2) is 17.8. The number of fused-ring (bicyclic) bond motifs is 6. The molecule has 0 saturated carbocycles. The standard InChI is InChI=1S/C43H46ClN2O2.C2F6NO4S2/c1-42(2)37(45(25-27-47-5)35-21-17-29-11-7-9-13-33(29)39(35)42)23-19-31-15-16-32(41(31)44)20-24-38-43(3,4)40-34-14-10-8-12-30(34)18-22-36(40)46(38)26-28-48-6;3-1(4,5)14(10,11)9-15(12,13)2(6,7)8/h7-14,17-24H,15-16,25-28H2,1-6H3;/q+1;-1. The van der Waals surface area contributed by atoms with Crippen LogP contribution in [-0.4, -0.2) is 78.7 Å². The Bertz CT molecular complexity index is 2790. The third-order valence-corrected chi connectivity index (χ3v) is 14.7. The molecule has 1 aliphatic carbocycles. The highest BCUT2D eigenvalue weighted by Crippen LogP contribution is 2.51. The summed E-state index contributed by atoms with van der Waals surface area (Å²) in [6, 6.07) is 26.4. The molecule has 0 N–H and O–H groups in total. The predicted octanol–water partition coefficient (Wildman–Crippen LogP) is 11.2. The van der Waals surface area contributed by atoms with Crippen molar-refractivity contribution in [2.45, 2.75) is 62.4 Å². The third-order valence-electron chi connectivity index (χ3n) is 11.4. The van der Waals surface area contributed by atoms with E-state index in [9.17, 15) is 43.2 Å². The number of halogens is 7. The summed E-state index contributed by atoms with van der Waals surface area (Å²) < 4.78 is 123. The van der Waals surface area contributed by atoms with Gasteiger partial charge in [0.05, 0.1) is 12.0 Å². The first-order chi connectivity index (χ1) is 29.4. The molecule has 4 aromatic carbocycles. The molecule has 18 heteroatoms. The van der Waals surface area contributed by atoms with Crippen LogP contribution in [0.15, 0.2) is 119 Å². The first-order valence-electron chi connectivity index (χ1n) is 19.7. The van der Waals surface area contributed by atoms with Crippen molar-refractivity contribution in [1.82, 2.24) is 0 Å². The molecule has 0 bridgehead atoms. The topological polar surface area (TPSA) is 107 Å². The smallest absolute Gasteiger partial charge is 0.421 e. The minimum atomic E-state index is -6.72. The average Bonchev–Trinajstić information content (AvgIpc) is 3.75. The number of hydrogen-bond donors (Lipinski definition) is 0. The van der Waals surface area contributed by atoms with Crippen LogP contribution in [0.1, 0.15) is 51.7 Å². The molecular formula is C45H46ClF6N3O6S2. The maximum absolute atomic E-state index is 11.4. The van der Waals surface area contributed by atoms with Crippen LogP contribution >= 0.6 is 11.6 Å². The van der Waals surface area contributed by atoms with Gasteiger partial charge in [0.1, 0.15) is 6.61 Å². The van der Waals surface area contributed by atoms with E-state index in [1.165, 1.54) is 66.6 Å². The lowest BCUT2D eigenvalue weighted by atomic mass is 9.79. The Morgan fingerprint density at radius 1 is 0.730 bits per heavy atom. The van der Waals surface area contributed by atoms with E-state index >= 15 is 0 Å². The molecule has 3 aliphatic rings. The first kappa shape index (κ1) is 47.9. The van der Waals surface area contributed by atoms with Gasteiger partial charge in [0, 0.05) is 60.3 Å². The van der Waals surface area contributed by atoms with Crippen molar-refractivity contribution in [2.24, 2.45) is 0 Å². The van der Waals surface area contributed by atoms with E-state index in [4.69, 9.17) is 21.1 Å². The Morgan fingerprint density at radius 2 is 1.29 bits per heavy atom. The van der Waals surface area contributed by atoms with Gasteiger partial charge in [0.2, 0.25) is 5.69 Å². The first-order valence-corrected chi connectivity index (χ1v) is 22.9. The van der Waals surface area contributed by atoms with Gasteiger partial charge in [-0.05, 0) is 83.2 Å². The Labute approximate surface area is 368 Å². The molecule has 2 aliphatic heterocycles. The summed E-state index contributed by atoms with van der Waals surface area (Å²) >= 11 is 7.19. The maximum Gasteiger partial charge on any atom is 0.480 e. The van der Waals surface area contributed by atoms with Crippen LogP contribution in [0, 0.1) is 0 Å². The Kier molecular flexibility index (Phi) is 13.6. The number of rotatable bonds is 11. The van der Waals surface area contributed by atoms with Crippen molar-refractivity contribution in [2.75, 3.05) is 45.4 Å². The van der Waals surface area contributed by atoms with Gasteiger partial charge >= 0.3 is 11.0 Å². The van der Waals surface area contributed by atoms with E-state index in [1.54, 1.807) is 14.2 Å². The number of sulfonamides is 2. The molecular weight excluding hydrogens is 892 g/mol. The quantitative estimate of drug-likeness (QED) is 0.109. The average molecular weight is 938 g/mol. The molecule has 7 rings (SSSR count). The van der Waals surface area contributed by atoms with E-state index in [0.29, 0.717) is 13.2 Å². The largest absolute Gasteiger partial charge is 0.480 e. The number of methoxy groups -OCH3 is 2. The Balaban J connectivity index is 0.000000378. The fraction of sp³-hybridized carbons (Fsp3) is 0.356. The number of allylic oxidation sites excluding steroid dienone is 8. The van der Waals surface area contributed by atoms with Gasteiger partial charge in [0.15, 0.2) is 32.3 Å². The highest BCUT2D eigenvalue weighted by molar-refractivity contribution is 8.13. The van der Waals surface area contributed by atoms with Crippen LogP contribution in [-0.2, 0) is 40.4 Å². The predicted molar refractivity (Wildman–Crippen MR) is 236 cm³/mol. The molecule has 0 saturated heterocycles. The van der Waals surface area contributed by atoms with E-state index in [2.05, 4.69) is 134 Å². The third kappa shape index (κ3) is 9.23. The lowest BCUT2D eigenvalue weighted by molar-refractivity contribution is -0.441. The lowest BCUT2D eigenvalue weighted by Gasteiger charge is -2.27. The summed E-state index contributed by atoms with van der Waals surface area (Å²) in [5, 5.41) is 6.04. The minimum absolute atomic E-state index is 0.173. The van der Waals surface area contributed by atoms with Crippen LogP contribution in [0.2, 0.25) is 0 Å². The minimum Gasteiger partial charge on any atom is -0.421 e. The fourth-order valence-corrected chi connectivity index (χ4v) is 10.5. The van der Waals surface area contributed by atoms with Gasteiger partial charge in [0.25, 0.3) is 0 Å². The molecule has 2 heterocycles. The molecule has 0 fully saturated rings. The summed E-state index contributed by atoms with van der Waals surface area (Å²) in [5.41, 5.74) is -2.55. The number of benzene rings is 4. The molecule has 0 unspecified atom stereocenters. The molecule has 0 atom stereocenters. The maximum atomic E-state index is 11.4. The molecule has 0 aromatic heterocycles. The molecule has 0 spiro atoms. The van der Waals surface area contributed by atoms with Crippen molar-refractivity contribution in [3.63, 3.8) is 0 Å². The van der Waals surface area contributed by atoms with Crippen molar-refractivity contribution in [3.8, 4) is 0 Å². The molecule has 0 radical (unpaired) electrons. The Morgan fingerprint density at radius 3 is 1.86 bits per heavy atom. The monoisotopic (exact) mass is 937 g/mol. The zero-order valence-electron chi connectivity index (χ0n) is 35.2. The number of anilines is 1. The van der Waals surface area contributed by atoms with Crippen molar-refractivity contribution >= 4 is 70.3 Å². The molecule has 9 nitrogen and oxygen atoms in total. The highest BCUT2D eigenvalue weighted by atomic mass is 35.5. The van der Waals surface area contributed by atoms with Gasteiger partial charge in [-0.15, -0.1) is 0 Å². The van der Waals surface area contributed by atoms with Crippen molar-refractivity contribution in [1.29, 1.82) is 0 Å². The van der Waals surface area contributed by atoms with Gasteiger partial charge in [-0.3, -0.25) is 0 Å². The lowest BCUT2D eigenvalue weighted by Crippen LogP contribution is -2.30. The van der Waals surface area contributed by atoms with Crippen LogP contribution < -0.4 is 4.90 Å². The number of nitrogens with zero attached hydrogens (tertiary/aromatic N) is 3. The van der Waals surface area contributed by atoms with Crippen LogP contribution in [0.3, 0.4) is 0 Å². The Hall–Kier alpha value is -4.52. The summed E-state index contributed by atoms with van der Waals surface area (Å²) in [7, 11) is -9.90. The van der Waals surface area contributed by atoms with Gasteiger partial charge in [-0.25, -0.2) is 16.8 Å². The van der Waals surface area contributed by atoms with Crippen LogP contribution in [0.5, 0.6) is 0 Å². The van der Waals surface area contributed by atoms with E-state index in [-0.39, 0.29) is 10.8 Å². The molecule has 4 aromatic rings. The van der Waals surface area contributed by atoms with Gasteiger partial charge in [-0.2, -0.15) is 30.9 Å². The number of hydrogen-bond acceptors (Lipinski definition) is 7. The van der Waals surface area contributed by atoms with Gasteiger partial charge in [-0.1, -0.05) is 92.2 Å². The van der Waals surface area contributed by atoms with Crippen molar-refractivity contribution < 1.29 is 57.2 Å². The highest BCUT2D eigenvalue weighted by Gasteiger charge is 2.48. The fourth-order valence-electron chi connectivity index (χ4n) is 8.50. The normalized spacial score (nSPS) is 18.9. The number of alkyl halides is 6.